The van der Waals surface area contributed by atoms with E-state index in [4.69, 9.17) is 5.73 Å². The number of pyridine rings is 1. The average molecular weight is 245 g/mol. The van der Waals surface area contributed by atoms with Crippen LogP contribution in [0.25, 0.3) is 0 Å². The van der Waals surface area contributed by atoms with Crippen molar-refractivity contribution in [3.8, 4) is 0 Å². The predicted molar refractivity (Wildman–Crippen MR) is 69.3 cm³/mol. The second-order valence-corrected chi connectivity index (χ2v) is 4.10. The lowest BCUT2D eigenvalue weighted by atomic mass is 10.2. The molecule has 0 aliphatic carbocycles. The van der Waals surface area contributed by atoms with Gasteiger partial charge < -0.3 is 11.1 Å². The topological polar surface area (TPSA) is 85.8 Å². The second kappa shape index (κ2) is 4.48. The fourth-order valence-electron chi connectivity index (χ4n) is 1.76. The second-order valence-electron chi connectivity index (χ2n) is 4.10. The Labute approximate surface area is 105 Å². The van der Waals surface area contributed by atoms with Gasteiger partial charge in [-0.25, -0.2) is 4.98 Å². The Hall–Kier alpha value is -2.37. The highest BCUT2D eigenvalue weighted by Crippen LogP contribution is 2.14. The number of aromatic nitrogens is 3. The molecule has 6 nitrogen and oxygen atoms in total. The number of hydrogen-bond donors (Lipinski definition) is 2. The van der Waals surface area contributed by atoms with Crippen LogP contribution >= 0.6 is 0 Å². The number of nitrogens with two attached hydrogens (primary N) is 1. The van der Waals surface area contributed by atoms with Crippen molar-refractivity contribution in [1.82, 2.24) is 14.8 Å². The summed E-state index contributed by atoms with van der Waals surface area (Å²) in [7, 11) is 1.81. The van der Waals surface area contributed by atoms with Crippen LogP contribution in [0.3, 0.4) is 0 Å². The summed E-state index contributed by atoms with van der Waals surface area (Å²) >= 11 is 0. The van der Waals surface area contributed by atoms with E-state index in [0.717, 1.165) is 5.69 Å². The first-order chi connectivity index (χ1) is 8.49. The Morgan fingerprint density at radius 2 is 2.11 bits per heavy atom. The highest BCUT2D eigenvalue weighted by atomic mass is 16.1. The van der Waals surface area contributed by atoms with E-state index in [9.17, 15) is 4.79 Å². The molecular weight excluding hydrogens is 230 g/mol. The highest BCUT2D eigenvalue weighted by Gasteiger charge is 2.17. The molecule has 0 bridgehead atoms. The minimum atomic E-state index is -0.213. The molecule has 2 aromatic heterocycles. The van der Waals surface area contributed by atoms with Gasteiger partial charge in [0.1, 0.15) is 5.82 Å². The van der Waals surface area contributed by atoms with Crippen LogP contribution in [0.5, 0.6) is 0 Å². The Bertz CT molecular complexity index is 585. The number of amides is 1. The molecule has 0 aliphatic rings. The number of carbonyl (C=O) groups excluding carboxylic acids is 1. The molecule has 0 spiro atoms. The normalized spacial score (nSPS) is 10.4. The molecule has 94 valence electrons. The minimum absolute atomic E-state index is 0.213. The van der Waals surface area contributed by atoms with E-state index in [1.165, 1.54) is 6.20 Å². The van der Waals surface area contributed by atoms with Crippen molar-refractivity contribution in [3.05, 3.63) is 35.3 Å². The Kier molecular flexibility index (Phi) is 3.01. The standard InChI is InChI=1S/C12H15N5O/c1-7-11(8(2)17(3)16-7)12(18)15-10-5-4-9(13)6-14-10/h4-6H,13H2,1-3H3,(H,14,15,18). The molecule has 0 atom stereocenters. The molecule has 0 aliphatic heterocycles. The van der Waals surface area contributed by atoms with Crippen molar-refractivity contribution in [2.45, 2.75) is 13.8 Å². The lowest BCUT2D eigenvalue weighted by Gasteiger charge is -2.04. The molecular formula is C12H15N5O. The third-order valence-electron chi connectivity index (χ3n) is 2.76. The van der Waals surface area contributed by atoms with Gasteiger partial charge in [0.25, 0.3) is 5.91 Å². The van der Waals surface area contributed by atoms with Gasteiger partial charge in [-0.3, -0.25) is 9.48 Å². The number of nitrogens with one attached hydrogen (secondary N) is 1. The van der Waals surface area contributed by atoms with Gasteiger partial charge in [-0.1, -0.05) is 0 Å². The molecule has 0 saturated carbocycles. The lowest BCUT2D eigenvalue weighted by Crippen LogP contribution is -2.15. The fourth-order valence-corrected chi connectivity index (χ4v) is 1.76. The third kappa shape index (κ3) is 2.17. The number of aryl methyl sites for hydroxylation is 2. The van der Waals surface area contributed by atoms with Crippen molar-refractivity contribution in [2.75, 3.05) is 11.1 Å². The zero-order valence-corrected chi connectivity index (χ0v) is 10.6. The van der Waals surface area contributed by atoms with E-state index in [0.29, 0.717) is 22.8 Å². The molecule has 18 heavy (non-hydrogen) atoms. The van der Waals surface area contributed by atoms with Gasteiger partial charge >= 0.3 is 0 Å². The Balaban J connectivity index is 2.24. The molecule has 0 saturated heterocycles. The molecule has 2 rings (SSSR count). The van der Waals surface area contributed by atoms with Gasteiger partial charge in [0.2, 0.25) is 0 Å². The first-order valence-corrected chi connectivity index (χ1v) is 5.52. The Morgan fingerprint density at radius 1 is 1.39 bits per heavy atom. The van der Waals surface area contributed by atoms with Crippen LogP contribution in [0.4, 0.5) is 11.5 Å². The van der Waals surface area contributed by atoms with E-state index in [1.54, 1.807) is 30.8 Å². The lowest BCUT2D eigenvalue weighted by molar-refractivity contribution is 0.102. The first kappa shape index (κ1) is 12.1. The summed E-state index contributed by atoms with van der Waals surface area (Å²) in [5, 5.41) is 6.92. The van der Waals surface area contributed by atoms with E-state index in [1.807, 2.05) is 6.92 Å². The monoisotopic (exact) mass is 245 g/mol. The summed E-state index contributed by atoms with van der Waals surface area (Å²) < 4.78 is 1.68. The zero-order valence-electron chi connectivity index (χ0n) is 10.6. The SMILES string of the molecule is Cc1nn(C)c(C)c1C(=O)Nc1ccc(N)cn1. The van der Waals surface area contributed by atoms with E-state index >= 15 is 0 Å². The molecule has 1 amide bonds. The molecule has 0 radical (unpaired) electrons. The maximum atomic E-state index is 12.1. The smallest absolute Gasteiger partial charge is 0.260 e. The van der Waals surface area contributed by atoms with Crippen LogP contribution in [-0.4, -0.2) is 20.7 Å². The molecule has 0 aromatic carbocycles. The fraction of sp³-hybridized carbons (Fsp3) is 0.250. The minimum Gasteiger partial charge on any atom is -0.397 e. The highest BCUT2D eigenvalue weighted by molar-refractivity contribution is 6.05. The van der Waals surface area contributed by atoms with Crippen LogP contribution in [0.1, 0.15) is 21.7 Å². The maximum absolute atomic E-state index is 12.1. The first-order valence-electron chi connectivity index (χ1n) is 5.52. The van der Waals surface area contributed by atoms with Gasteiger partial charge in [0.05, 0.1) is 23.1 Å². The maximum Gasteiger partial charge on any atom is 0.260 e. The number of anilines is 2. The van der Waals surface area contributed by atoms with Gasteiger partial charge in [-0.05, 0) is 26.0 Å². The quantitative estimate of drug-likeness (QED) is 0.834. The number of nitrogens with zero attached hydrogens (tertiary/aromatic N) is 3. The van der Waals surface area contributed by atoms with E-state index < -0.39 is 0 Å². The number of carbonyl (C=O) groups is 1. The van der Waals surface area contributed by atoms with Crippen LogP contribution in [-0.2, 0) is 7.05 Å². The average Bonchev–Trinajstić information content (AvgIpc) is 2.56. The molecule has 0 unspecified atom stereocenters. The Morgan fingerprint density at radius 3 is 2.61 bits per heavy atom. The predicted octanol–water partition coefficient (Wildman–Crippen LogP) is 1.27. The van der Waals surface area contributed by atoms with Crippen LogP contribution in [0, 0.1) is 13.8 Å². The van der Waals surface area contributed by atoms with Crippen LogP contribution in [0.2, 0.25) is 0 Å². The number of hydrogen-bond acceptors (Lipinski definition) is 4. The largest absolute Gasteiger partial charge is 0.397 e. The van der Waals surface area contributed by atoms with Crippen molar-refractivity contribution in [1.29, 1.82) is 0 Å². The summed E-state index contributed by atoms with van der Waals surface area (Å²) in [5.74, 6) is 0.257. The van der Waals surface area contributed by atoms with E-state index in [2.05, 4.69) is 15.4 Å². The van der Waals surface area contributed by atoms with Gasteiger partial charge in [-0.15, -0.1) is 0 Å². The summed E-state index contributed by atoms with van der Waals surface area (Å²) in [6.07, 6.45) is 1.50. The van der Waals surface area contributed by atoms with Crippen LogP contribution < -0.4 is 11.1 Å². The number of rotatable bonds is 2. The zero-order chi connectivity index (χ0) is 13.3. The molecule has 2 heterocycles. The van der Waals surface area contributed by atoms with Gasteiger partial charge in [0.15, 0.2) is 0 Å². The third-order valence-corrected chi connectivity index (χ3v) is 2.76. The van der Waals surface area contributed by atoms with Crippen molar-refractivity contribution in [3.63, 3.8) is 0 Å². The summed E-state index contributed by atoms with van der Waals surface area (Å²) in [6, 6.07) is 3.35. The summed E-state index contributed by atoms with van der Waals surface area (Å²) in [6.45, 7) is 3.66. The van der Waals surface area contributed by atoms with Crippen molar-refractivity contribution >= 4 is 17.4 Å². The summed E-state index contributed by atoms with van der Waals surface area (Å²) in [4.78, 5) is 16.1. The van der Waals surface area contributed by atoms with Gasteiger partial charge in [0, 0.05) is 12.7 Å². The molecule has 3 N–H and O–H groups in total. The van der Waals surface area contributed by atoms with Crippen molar-refractivity contribution in [2.24, 2.45) is 7.05 Å². The molecule has 6 heteroatoms. The molecule has 0 fully saturated rings. The van der Waals surface area contributed by atoms with Crippen molar-refractivity contribution < 1.29 is 4.79 Å². The molecule has 2 aromatic rings. The van der Waals surface area contributed by atoms with E-state index in [-0.39, 0.29) is 5.91 Å². The summed E-state index contributed by atoms with van der Waals surface area (Å²) in [5.41, 5.74) is 8.19. The number of nitrogen functional groups attached to an aromatic ring is 1. The van der Waals surface area contributed by atoms with Crippen LogP contribution in [0.15, 0.2) is 18.3 Å². The van der Waals surface area contributed by atoms with Gasteiger partial charge in [-0.2, -0.15) is 5.10 Å².